The molecular weight excluding hydrogens is 206 g/mol. The van der Waals surface area contributed by atoms with E-state index < -0.39 is 0 Å². The zero-order valence-corrected chi connectivity index (χ0v) is 9.48. The number of anilines is 1. The highest BCUT2D eigenvalue weighted by Gasteiger charge is 2.17. The van der Waals surface area contributed by atoms with E-state index in [0.717, 1.165) is 43.9 Å². The van der Waals surface area contributed by atoms with Gasteiger partial charge in [0, 0.05) is 13.2 Å². The molecule has 1 fully saturated rings. The van der Waals surface area contributed by atoms with Crippen molar-refractivity contribution in [2.45, 2.75) is 19.3 Å². The van der Waals surface area contributed by atoms with E-state index in [9.17, 15) is 0 Å². The van der Waals surface area contributed by atoms with Gasteiger partial charge in [-0.15, -0.1) is 0 Å². The van der Waals surface area contributed by atoms with E-state index in [2.05, 4.69) is 9.97 Å². The quantitative estimate of drug-likeness (QED) is 0.829. The number of nitrogen functional groups attached to an aromatic ring is 1. The lowest BCUT2D eigenvalue weighted by molar-refractivity contribution is 0.0661. The summed E-state index contributed by atoms with van der Waals surface area (Å²) in [4.78, 5) is 8.16. The summed E-state index contributed by atoms with van der Waals surface area (Å²) < 4.78 is 10.6. The Bertz CT molecular complexity index is 351. The first-order valence-corrected chi connectivity index (χ1v) is 5.52. The molecule has 2 N–H and O–H groups in total. The van der Waals surface area contributed by atoms with Gasteiger partial charge in [0.15, 0.2) is 5.75 Å². The topological polar surface area (TPSA) is 70.3 Å². The lowest BCUT2D eigenvalue weighted by Gasteiger charge is -2.22. The molecule has 0 atom stereocenters. The van der Waals surface area contributed by atoms with Crippen molar-refractivity contribution >= 4 is 5.95 Å². The summed E-state index contributed by atoms with van der Waals surface area (Å²) >= 11 is 0. The van der Waals surface area contributed by atoms with Gasteiger partial charge in [-0.2, -0.15) is 0 Å². The van der Waals surface area contributed by atoms with Gasteiger partial charge in [-0.25, -0.2) is 9.97 Å². The SMILES string of the molecule is COc1cnc(N)nc1CC1CCOCC1. The van der Waals surface area contributed by atoms with Crippen molar-refractivity contribution in [3.05, 3.63) is 11.9 Å². The molecule has 0 spiro atoms. The van der Waals surface area contributed by atoms with Crippen LogP contribution in [0.1, 0.15) is 18.5 Å². The zero-order chi connectivity index (χ0) is 11.4. The summed E-state index contributed by atoms with van der Waals surface area (Å²) in [5.74, 6) is 1.64. The number of ether oxygens (including phenoxy) is 2. The minimum absolute atomic E-state index is 0.308. The van der Waals surface area contributed by atoms with Crippen LogP contribution in [0.5, 0.6) is 5.75 Å². The number of hydrogen-bond acceptors (Lipinski definition) is 5. The Morgan fingerprint density at radius 2 is 2.25 bits per heavy atom. The van der Waals surface area contributed by atoms with E-state index >= 15 is 0 Å². The monoisotopic (exact) mass is 223 g/mol. The molecule has 1 saturated heterocycles. The van der Waals surface area contributed by atoms with E-state index in [-0.39, 0.29) is 0 Å². The summed E-state index contributed by atoms with van der Waals surface area (Å²) in [5.41, 5.74) is 6.49. The van der Waals surface area contributed by atoms with Gasteiger partial charge in [0.2, 0.25) is 5.95 Å². The van der Waals surface area contributed by atoms with Gasteiger partial charge in [0.25, 0.3) is 0 Å². The molecule has 5 heteroatoms. The van der Waals surface area contributed by atoms with Crippen molar-refractivity contribution in [1.29, 1.82) is 0 Å². The van der Waals surface area contributed by atoms with Gasteiger partial charge in [-0.05, 0) is 25.2 Å². The first-order valence-electron chi connectivity index (χ1n) is 5.52. The van der Waals surface area contributed by atoms with Gasteiger partial charge < -0.3 is 15.2 Å². The fourth-order valence-electron chi connectivity index (χ4n) is 1.96. The van der Waals surface area contributed by atoms with Crippen LogP contribution in [0.4, 0.5) is 5.95 Å². The van der Waals surface area contributed by atoms with Gasteiger partial charge in [0.05, 0.1) is 19.0 Å². The predicted octanol–water partition coefficient (Wildman–Crippen LogP) is 1.04. The molecule has 1 aliphatic heterocycles. The Kier molecular flexibility index (Phi) is 3.56. The second-order valence-corrected chi connectivity index (χ2v) is 4.00. The zero-order valence-electron chi connectivity index (χ0n) is 9.48. The molecule has 0 unspecified atom stereocenters. The Morgan fingerprint density at radius 3 is 2.94 bits per heavy atom. The summed E-state index contributed by atoms with van der Waals surface area (Å²) in [5, 5.41) is 0. The fourth-order valence-corrected chi connectivity index (χ4v) is 1.96. The first kappa shape index (κ1) is 11.1. The molecule has 0 aliphatic carbocycles. The molecule has 1 aromatic heterocycles. The largest absolute Gasteiger partial charge is 0.493 e. The second-order valence-electron chi connectivity index (χ2n) is 4.00. The van der Waals surface area contributed by atoms with Crippen LogP contribution in [0.2, 0.25) is 0 Å². The minimum atomic E-state index is 0.308. The van der Waals surface area contributed by atoms with Crippen molar-refractivity contribution in [3.63, 3.8) is 0 Å². The highest BCUT2D eigenvalue weighted by Crippen LogP contribution is 2.24. The van der Waals surface area contributed by atoms with Crippen LogP contribution in [-0.2, 0) is 11.2 Å². The Hall–Kier alpha value is -1.36. The smallest absolute Gasteiger partial charge is 0.220 e. The van der Waals surface area contributed by atoms with Crippen molar-refractivity contribution in [2.24, 2.45) is 5.92 Å². The molecule has 5 nitrogen and oxygen atoms in total. The fraction of sp³-hybridized carbons (Fsp3) is 0.636. The normalized spacial score (nSPS) is 17.3. The highest BCUT2D eigenvalue weighted by atomic mass is 16.5. The average Bonchev–Trinajstić information content (AvgIpc) is 2.31. The predicted molar refractivity (Wildman–Crippen MR) is 60.2 cm³/mol. The molecule has 2 heterocycles. The van der Waals surface area contributed by atoms with Gasteiger partial charge in [0.1, 0.15) is 0 Å². The van der Waals surface area contributed by atoms with Gasteiger partial charge >= 0.3 is 0 Å². The van der Waals surface area contributed by atoms with Crippen LogP contribution >= 0.6 is 0 Å². The van der Waals surface area contributed by atoms with E-state index in [1.807, 2.05) is 0 Å². The molecule has 1 aliphatic rings. The molecule has 16 heavy (non-hydrogen) atoms. The van der Waals surface area contributed by atoms with Crippen molar-refractivity contribution in [1.82, 2.24) is 9.97 Å². The van der Waals surface area contributed by atoms with Gasteiger partial charge in [-0.3, -0.25) is 0 Å². The Labute approximate surface area is 95.0 Å². The lowest BCUT2D eigenvalue weighted by Crippen LogP contribution is -2.18. The molecule has 1 aromatic rings. The summed E-state index contributed by atoms with van der Waals surface area (Å²) in [6.45, 7) is 1.68. The summed E-state index contributed by atoms with van der Waals surface area (Å²) in [6, 6.07) is 0. The number of rotatable bonds is 3. The van der Waals surface area contributed by atoms with Crippen LogP contribution in [0.15, 0.2) is 6.20 Å². The summed E-state index contributed by atoms with van der Waals surface area (Å²) in [6.07, 6.45) is 4.68. The number of methoxy groups -OCH3 is 1. The van der Waals surface area contributed by atoms with E-state index in [0.29, 0.717) is 11.9 Å². The molecule has 0 bridgehead atoms. The van der Waals surface area contributed by atoms with Crippen molar-refractivity contribution < 1.29 is 9.47 Å². The number of hydrogen-bond donors (Lipinski definition) is 1. The molecule has 2 rings (SSSR count). The standard InChI is InChI=1S/C11H17N3O2/c1-15-10-7-13-11(12)14-9(10)6-8-2-4-16-5-3-8/h7-8H,2-6H2,1H3,(H2,12,13,14). The van der Waals surface area contributed by atoms with Crippen LogP contribution in [0.25, 0.3) is 0 Å². The van der Waals surface area contributed by atoms with E-state index in [1.165, 1.54) is 0 Å². The molecule has 0 radical (unpaired) electrons. The summed E-state index contributed by atoms with van der Waals surface area (Å²) in [7, 11) is 1.63. The highest BCUT2D eigenvalue weighted by molar-refractivity contribution is 5.30. The van der Waals surface area contributed by atoms with Crippen LogP contribution < -0.4 is 10.5 Å². The maximum absolute atomic E-state index is 5.58. The third-order valence-corrected chi connectivity index (χ3v) is 2.89. The van der Waals surface area contributed by atoms with Crippen LogP contribution in [0.3, 0.4) is 0 Å². The minimum Gasteiger partial charge on any atom is -0.493 e. The van der Waals surface area contributed by atoms with Crippen molar-refractivity contribution in [2.75, 3.05) is 26.1 Å². The number of nitrogens with zero attached hydrogens (tertiary/aromatic N) is 2. The van der Waals surface area contributed by atoms with Crippen molar-refractivity contribution in [3.8, 4) is 5.75 Å². The molecule has 0 saturated carbocycles. The second kappa shape index (κ2) is 5.12. The Balaban J connectivity index is 2.09. The van der Waals surface area contributed by atoms with Crippen LogP contribution in [0, 0.1) is 5.92 Å². The first-order chi connectivity index (χ1) is 7.79. The third-order valence-electron chi connectivity index (χ3n) is 2.89. The molecule has 0 aromatic carbocycles. The maximum atomic E-state index is 5.58. The van der Waals surface area contributed by atoms with Gasteiger partial charge in [-0.1, -0.05) is 0 Å². The number of aromatic nitrogens is 2. The lowest BCUT2D eigenvalue weighted by atomic mass is 9.94. The molecule has 0 amide bonds. The maximum Gasteiger partial charge on any atom is 0.220 e. The van der Waals surface area contributed by atoms with E-state index in [1.54, 1.807) is 13.3 Å². The van der Waals surface area contributed by atoms with Crippen LogP contribution in [-0.4, -0.2) is 30.3 Å². The molecule has 88 valence electrons. The molecular formula is C11H17N3O2. The number of nitrogens with two attached hydrogens (primary N) is 1. The van der Waals surface area contributed by atoms with E-state index in [4.69, 9.17) is 15.2 Å². The Morgan fingerprint density at radius 1 is 1.50 bits per heavy atom. The average molecular weight is 223 g/mol. The third kappa shape index (κ3) is 2.61.